The molecule has 2 aliphatic rings. The van der Waals surface area contributed by atoms with Gasteiger partial charge in [-0.15, -0.1) is 0 Å². The van der Waals surface area contributed by atoms with Crippen molar-refractivity contribution >= 4 is 34.5 Å². The van der Waals surface area contributed by atoms with Crippen molar-refractivity contribution in [3.63, 3.8) is 0 Å². The highest BCUT2D eigenvalue weighted by Gasteiger charge is 2.54. The molecule has 0 unspecified atom stereocenters. The molecular weight excluding hydrogens is 330 g/mol. The molecule has 6 heteroatoms. The Bertz CT molecular complexity index is 641. The van der Waals surface area contributed by atoms with Crippen LogP contribution in [0.15, 0.2) is 24.3 Å². The minimum absolute atomic E-state index is 0.000654. The zero-order valence-corrected chi connectivity index (χ0v) is 15.4. The molecule has 4 nitrogen and oxygen atoms in total. The highest BCUT2D eigenvalue weighted by molar-refractivity contribution is 8.22. The zero-order valence-electron chi connectivity index (χ0n) is 13.7. The molecule has 1 saturated heterocycles. The monoisotopic (exact) mass is 351 g/mol. The van der Waals surface area contributed by atoms with Crippen LogP contribution in [0.25, 0.3) is 0 Å². The molecule has 0 N–H and O–H groups in total. The fraction of sp³-hybridized carbons (Fsp3) is 0.529. The molecule has 2 bridgehead atoms. The highest BCUT2D eigenvalue weighted by Crippen LogP contribution is 2.54. The molecule has 2 aliphatic heterocycles. The number of nitrogens with zero attached hydrogens (tertiary/aromatic N) is 1. The van der Waals surface area contributed by atoms with Gasteiger partial charge >= 0.3 is 6.09 Å². The van der Waals surface area contributed by atoms with Gasteiger partial charge in [0.25, 0.3) is 0 Å². The number of thiocarbonyl (C=S) groups is 1. The first-order valence-corrected chi connectivity index (χ1v) is 9.30. The number of carbonyl (C=O) groups is 1. The van der Waals surface area contributed by atoms with E-state index in [2.05, 4.69) is 12.1 Å². The fourth-order valence-electron chi connectivity index (χ4n) is 3.39. The van der Waals surface area contributed by atoms with Crippen molar-refractivity contribution in [2.45, 2.75) is 51.0 Å². The van der Waals surface area contributed by atoms with Gasteiger partial charge < -0.3 is 9.47 Å². The number of ether oxygens (including phenoxy) is 2. The summed E-state index contributed by atoms with van der Waals surface area (Å²) in [5.41, 5.74) is 1.82. The predicted molar refractivity (Wildman–Crippen MR) is 95.6 cm³/mol. The van der Waals surface area contributed by atoms with Crippen molar-refractivity contribution in [3.05, 3.63) is 35.4 Å². The summed E-state index contributed by atoms with van der Waals surface area (Å²) < 4.78 is 12.0. The molecular formula is C17H21NO3S2. The average Bonchev–Trinajstić information content (AvgIpc) is 2.99. The second-order valence-electron chi connectivity index (χ2n) is 6.82. The summed E-state index contributed by atoms with van der Waals surface area (Å²) in [5.74, 6) is 0. The summed E-state index contributed by atoms with van der Waals surface area (Å²) >= 11 is 6.62. The van der Waals surface area contributed by atoms with E-state index >= 15 is 0 Å². The molecule has 3 rings (SSSR count). The lowest BCUT2D eigenvalue weighted by molar-refractivity contribution is 0.0134. The van der Waals surface area contributed by atoms with Crippen molar-refractivity contribution in [1.82, 2.24) is 4.90 Å². The Labute approximate surface area is 146 Å². The Hall–Kier alpha value is -1.27. The van der Waals surface area contributed by atoms with Crippen molar-refractivity contribution in [2.75, 3.05) is 6.26 Å². The molecule has 1 fully saturated rings. The second kappa shape index (κ2) is 5.98. The lowest BCUT2D eigenvalue weighted by Crippen LogP contribution is -2.36. The average molecular weight is 351 g/mol. The first kappa shape index (κ1) is 16.6. The number of hydrogen-bond donors (Lipinski definition) is 0. The zero-order chi connectivity index (χ0) is 16.8. The molecule has 0 saturated carbocycles. The summed E-state index contributed by atoms with van der Waals surface area (Å²) in [4.78, 5) is 14.5. The lowest BCUT2D eigenvalue weighted by atomic mass is 9.90. The molecule has 0 radical (unpaired) electrons. The number of carbonyl (C=O) groups excluding carboxylic acids is 1. The van der Waals surface area contributed by atoms with Crippen molar-refractivity contribution in [3.8, 4) is 0 Å². The first-order valence-electron chi connectivity index (χ1n) is 7.66. The second-order valence-corrected chi connectivity index (χ2v) is 8.23. The van der Waals surface area contributed by atoms with E-state index in [-0.39, 0.29) is 24.3 Å². The van der Waals surface area contributed by atoms with Crippen molar-refractivity contribution in [2.24, 2.45) is 0 Å². The highest BCUT2D eigenvalue weighted by atomic mass is 32.2. The Morgan fingerprint density at radius 1 is 1.30 bits per heavy atom. The first-order chi connectivity index (χ1) is 10.8. The maximum atomic E-state index is 12.7. The predicted octanol–water partition coefficient (Wildman–Crippen LogP) is 4.46. The van der Waals surface area contributed by atoms with Crippen LogP contribution in [0, 0.1) is 0 Å². The number of benzene rings is 1. The molecule has 3 atom stereocenters. The summed E-state index contributed by atoms with van der Waals surface area (Å²) in [7, 11) is 0. The van der Waals surface area contributed by atoms with Crippen LogP contribution in [0.1, 0.15) is 50.4 Å². The van der Waals surface area contributed by atoms with E-state index in [0.717, 1.165) is 12.0 Å². The van der Waals surface area contributed by atoms with Crippen LogP contribution in [0.4, 0.5) is 4.79 Å². The maximum Gasteiger partial charge on any atom is 0.411 e. The van der Waals surface area contributed by atoms with Gasteiger partial charge in [0.2, 0.25) is 4.38 Å². The molecule has 1 aromatic rings. The standard InChI is InChI=1S/C17H21NO3S2/c1-17(2,3)21-15(19)18-12-9-13(20-16(22)23-4)14(18)11-8-6-5-7-10(11)12/h5-8,12-14H,9H2,1-4H3/t12-,13+,14-/m1/s1. The summed E-state index contributed by atoms with van der Waals surface area (Å²) in [5, 5.41) is 0. The van der Waals surface area contributed by atoms with Crippen LogP contribution in [0.5, 0.6) is 0 Å². The van der Waals surface area contributed by atoms with E-state index in [1.54, 1.807) is 0 Å². The molecule has 1 amide bonds. The number of hydrogen-bond acceptors (Lipinski definition) is 5. The number of fused-ring (bicyclic) bond motifs is 5. The van der Waals surface area contributed by atoms with E-state index in [1.165, 1.54) is 17.3 Å². The van der Waals surface area contributed by atoms with Gasteiger partial charge in [-0.1, -0.05) is 36.0 Å². The van der Waals surface area contributed by atoms with Gasteiger partial charge in [0.1, 0.15) is 11.7 Å². The summed E-state index contributed by atoms with van der Waals surface area (Å²) in [6, 6.07) is 8.03. The third-order valence-corrected chi connectivity index (χ3v) is 5.16. The Morgan fingerprint density at radius 2 is 1.96 bits per heavy atom. The van der Waals surface area contributed by atoms with E-state index in [4.69, 9.17) is 21.7 Å². The van der Waals surface area contributed by atoms with Crippen LogP contribution in [0.3, 0.4) is 0 Å². The topological polar surface area (TPSA) is 38.8 Å². The molecule has 0 spiro atoms. The largest absolute Gasteiger partial charge is 0.473 e. The summed E-state index contributed by atoms with van der Waals surface area (Å²) in [6.07, 6.45) is 2.25. The van der Waals surface area contributed by atoms with Crippen molar-refractivity contribution < 1.29 is 14.3 Å². The number of rotatable bonds is 1. The van der Waals surface area contributed by atoms with Crippen LogP contribution in [-0.4, -0.2) is 33.3 Å². The van der Waals surface area contributed by atoms with Crippen LogP contribution >= 0.6 is 24.0 Å². The number of amides is 1. The molecule has 2 heterocycles. The molecule has 124 valence electrons. The van der Waals surface area contributed by atoms with Crippen LogP contribution in [0.2, 0.25) is 0 Å². The smallest absolute Gasteiger partial charge is 0.411 e. The molecule has 0 aromatic heterocycles. The van der Waals surface area contributed by atoms with E-state index in [9.17, 15) is 4.79 Å². The van der Waals surface area contributed by atoms with Crippen molar-refractivity contribution in [1.29, 1.82) is 0 Å². The van der Waals surface area contributed by atoms with Gasteiger partial charge in [0, 0.05) is 6.42 Å². The third kappa shape index (κ3) is 3.06. The molecule has 0 aliphatic carbocycles. The summed E-state index contributed by atoms with van der Waals surface area (Å²) in [6.45, 7) is 5.65. The molecule has 23 heavy (non-hydrogen) atoms. The Morgan fingerprint density at radius 3 is 2.57 bits per heavy atom. The van der Waals surface area contributed by atoms with Gasteiger partial charge in [0.15, 0.2) is 0 Å². The third-order valence-electron chi connectivity index (χ3n) is 4.14. The van der Waals surface area contributed by atoms with Crippen LogP contribution in [-0.2, 0) is 9.47 Å². The normalized spacial score (nSPS) is 25.2. The Kier molecular flexibility index (Phi) is 4.31. The van der Waals surface area contributed by atoms with Crippen LogP contribution < -0.4 is 0 Å². The molecule has 1 aromatic carbocycles. The minimum atomic E-state index is -0.518. The number of thioether (sulfide) groups is 1. The van der Waals surface area contributed by atoms with E-state index in [0.29, 0.717) is 4.38 Å². The maximum absolute atomic E-state index is 12.7. The Balaban J connectivity index is 1.90. The van der Waals surface area contributed by atoms with E-state index in [1.807, 2.05) is 44.1 Å². The van der Waals surface area contributed by atoms with E-state index < -0.39 is 5.60 Å². The minimum Gasteiger partial charge on any atom is -0.473 e. The lowest BCUT2D eigenvalue weighted by Gasteiger charge is -2.28. The quantitative estimate of drug-likeness (QED) is 0.699. The van der Waals surface area contributed by atoms with Gasteiger partial charge in [-0.05, 0) is 50.4 Å². The van der Waals surface area contributed by atoms with Gasteiger partial charge in [-0.3, -0.25) is 4.90 Å². The SMILES string of the molecule is CSC(=S)O[C@H]1C[C@@H]2c3ccccc3[C@H]1N2C(=O)OC(C)(C)C. The van der Waals surface area contributed by atoms with Gasteiger partial charge in [-0.25, -0.2) is 4.79 Å². The van der Waals surface area contributed by atoms with Gasteiger partial charge in [-0.2, -0.15) is 0 Å². The fourth-order valence-corrected chi connectivity index (χ4v) is 3.73. The van der Waals surface area contributed by atoms with Gasteiger partial charge in [0.05, 0.1) is 12.1 Å².